The zero-order valence-corrected chi connectivity index (χ0v) is 25.9. The number of nitrogens with zero attached hydrogens (tertiary/aromatic N) is 1. The van der Waals surface area contributed by atoms with Gasteiger partial charge in [0.15, 0.2) is 6.61 Å². The molecule has 11 heteroatoms. The lowest BCUT2D eigenvalue weighted by Crippen LogP contribution is -2.43. The molecule has 11 nitrogen and oxygen atoms in total. The minimum Gasteiger partial charge on any atom is -0.447 e. The van der Waals surface area contributed by atoms with E-state index in [-0.39, 0.29) is 26.4 Å². The summed E-state index contributed by atoms with van der Waals surface area (Å²) >= 11 is 0. The molecule has 1 saturated carbocycles. The van der Waals surface area contributed by atoms with Crippen molar-refractivity contribution in [3.8, 4) is 0 Å². The van der Waals surface area contributed by atoms with Crippen molar-refractivity contribution in [3.05, 3.63) is 35.4 Å². The Hall–Kier alpha value is -3.50. The van der Waals surface area contributed by atoms with E-state index >= 15 is 0 Å². The number of alkyl carbamates (subject to hydrolysis) is 1. The van der Waals surface area contributed by atoms with Gasteiger partial charge in [0, 0.05) is 0 Å². The van der Waals surface area contributed by atoms with Crippen molar-refractivity contribution in [1.29, 1.82) is 0 Å². The number of nitrogens with two attached hydrogens (primary N) is 2. The average Bonchev–Trinajstić information content (AvgIpc) is 2.98. The highest BCUT2D eigenvalue weighted by Crippen LogP contribution is 2.29. The van der Waals surface area contributed by atoms with Crippen molar-refractivity contribution >= 4 is 24.0 Å². The van der Waals surface area contributed by atoms with Gasteiger partial charge in [0.2, 0.25) is 0 Å². The molecule has 242 valence electrons. The zero-order valence-electron chi connectivity index (χ0n) is 25.9. The molecule has 0 radical (unpaired) electrons. The van der Waals surface area contributed by atoms with Gasteiger partial charge in [-0.1, -0.05) is 113 Å². The Morgan fingerprint density at radius 1 is 0.744 bits per heavy atom. The Morgan fingerprint density at radius 3 is 1.67 bits per heavy atom. The van der Waals surface area contributed by atoms with Gasteiger partial charge in [0.1, 0.15) is 25.9 Å². The number of rotatable bonds is 11. The predicted octanol–water partition coefficient (Wildman–Crippen LogP) is 6.66. The predicted molar refractivity (Wildman–Crippen MR) is 166 cm³/mol. The van der Waals surface area contributed by atoms with Crippen LogP contribution in [0.4, 0.5) is 14.4 Å². The molecule has 1 aliphatic carbocycles. The van der Waals surface area contributed by atoms with Crippen LogP contribution in [0.15, 0.2) is 29.4 Å². The molecular formula is C32H52N4O7. The molecule has 0 saturated heterocycles. The summed E-state index contributed by atoms with van der Waals surface area (Å²) in [5, 5.41) is 6.55. The molecule has 0 aliphatic heterocycles. The number of carbonyl (C=O) groups is 3. The number of hydrogen-bond donors (Lipinski definition) is 3. The zero-order chi connectivity index (χ0) is 31.1. The SMILES string of the molecule is C/C(=N\OCCOC(=O)NC(COC(N)=O)COC(N)=O)c1ccc(C2CCCCCCCCCCCCCCC2)cc1. The molecule has 0 aromatic heterocycles. The Balaban J connectivity index is 1.79. The maximum atomic E-state index is 12.0. The molecule has 2 rings (SSSR count). The quantitative estimate of drug-likeness (QED) is 0.110. The third-order valence-electron chi connectivity index (χ3n) is 7.69. The van der Waals surface area contributed by atoms with Gasteiger partial charge in [0.05, 0.1) is 5.71 Å². The van der Waals surface area contributed by atoms with Crippen LogP contribution in [-0.4, -0.2) is 56.5 Å². The van der Waals surface area contributed by atoms with E-state index < -0.39 is 24.3 Å². The highest BCUT2D eigenvalue weighted by atomic mass is 16.6. The largest absolute Gasteiger partial charge is 0.447 e. The van der Waals surface area contributed by atoms with Crippen LogP contribution in [0.1, 0.15) is 120 Å². The van der Waals surface area contributed by atoms with Crippen molar-refractivity contribution in [2.24, 2.45) is 16.6 Å². The summed E-state index contributed by atoms with van der Waals surface area (Å²) in [6.07, 6.45) is 17.3. The monoisotopic (exact) mass is 604 g/mol. The fourth-order valence-corrected chi connectivity index (χ4v) is 5.27. The van der Waals surface area contributed by atoms with E-state index in [1.54, 1.807) is 0 Å². The van der Waals surface area contributed by atoms with Gasteiger partial charge in [-0.15, -0.1) is 0 Å². The Labute approximate surface area is 256 Å². The van der Waals surface area contributed by atoms with Gasteiger partial charge in [0.25, 0.3) is 0 Å². The van der Waals surface area contributed by atoms with Crippen molar-refractivity contribution in [3.63, 3.8) is 0 Å². The van der Waals surface area contributed by atoms with Gasteiger partial charge in [-0.2, -0.15) is 0 Å². The van der Waals surface area contributed by atoms with Crippen LogP contribution in [0.2, 0.25) is 0 Å². The van der Waals surface area contributed by atoms with Crippen molar-refractivity contribution < 1.29 is 33.4 Å². The van der Waals surface area contributed by atoms with E-state index in [4.69, 9.17) is 21.0 Å². The Bertz CT molecular complexity index is 937. The summed E-state index contributed by atoms with van der Waals surface area (Å²) in [6, 6.07) is 7.77. The second kappa shape index (κ2) is 22.1. The van der Waals surface area contributed by atoms with E-state index in [9.17, 15) is 14.4 Å². The van der Waals surface area contributed by atoms with Crippen LogP contribution in [0, 0.1) is 0 Å². The summed E-state index contributed by atoms with van der Waals surface area (Å²) in [6.45, 7) is 1.18. The Kier molecular flexibility index (Phi) is 18.3. The van der Waals surface area contributed by atoms with Gasteiger partial charge in [-0.25, -0.2) is 14.4 Å². The van der Waals surface area contributed by atoms with Crippen LogP contribution < -0.4 is 16.8 Å². The molecular weight excluding hydrogens is 552 g/mol. The summed E-state index contributed by atoms with van der Waals surface area (Å²) < 4.78 is 14.3. The lowest BCUT2D eigenvalue weighted by molar-refractivity contribution is 0.0673. The van der Waals surface area contributed by atoms with Crippen LogP contribution in [0.25, 0.3) is 0 Å². The van der Waals surface area contributed by atoms with E-state index in [0.29, 0.717) is 5.92 Å². The first-order valence-corrected chi connectivity index (χ1v) is 15.9. The first-order valence-electron chi connectivity index (χ1n) is 15.9. The molecule has 1 fully saturated rings. The Morgan fingerprint density at radius 2 is 1.21 bits per heavy atom. The highest BCUT2D eigenvalue weighted by molar-refractivity contribution is 5.98. The molecule has 0 unspecified atom stereocenters. The third kappa shape index (κ3) is 17.3. The molecule has 1 aliphatic rings. The van der Waals surface area contributed by atoms with Gasteiger partial charge in [-0.05, 0) is 36.8 Å². The molecule has 1 aromatic carbocycles. The normalized spacial score (nSPS) is 16.7. The van der Waals surface area contributed by atoms with Gasteiger partial charge < -0.3 is 35.8 Å². The molecule has 3 amide bonds. The first-order chi connectivity index (χ1) is 20.8. The fraction of sp³-hybridized carbons (Fsp3) is 0.688. The number of benzene rings is 1. The number of carbonyl (C=O) groups excluding carboxylic acids is 3. The smallest absolute Gasteiger partial charge is 0.407 e. The van der Waals surface area contributed by atoms with Crippen LogP contribution in [0.5, 0.6) is 0 Å². The first kappa shape index (κ1) is 35.7. The number of nitrogens with one attached hydrogen (secondary N) is 1. The molecule has 1 aromatic rings. The number of primary amides is 2. The number of hydrogen-bond acceptors (Lipinski definition) is 8. The third-order valence-corrected chi connectivity index (χ3v) is 7.69. The molecule has 43 heavy (non-hydrogen) atoms. The van der Waals surface area contributed by atoms with Gasteiger partial charge in [-0.3, -0.25) is 0 Å². The standard InChI is InChI=1S/C32H52N4O7/c1-25(36-43-22-21-40-32(39)35-29(23-41-30(33)37)24-42-31(34)38)26-17-19-28(20-18-26)27-15-13-11-9-7-5-3-2-4-6-8-10-12-14-16-27/h17-20,27,29H,2-16,21-24H2,1H3,(H2,33,37)(H2,34,38)(H,35,39)/b36-25+. The van der Waals surface area contributed by atoms with Crippen molar-refractivity contribution in [1.82, 2.24) is 5.32 Å². The number of oxime groups is 1. The maximum absolute atomic E-state index is 12.0. The van der Waals surface area contributed by atoms with Crippen molar-refractivity contribution in [2.45, 2.75) is 115 Å². The van der Waals surface area contributed by atoms with Crippen LogP contribution in [-0.2, 0) is 19.0 Å². The number of amides is 3. The fourth-order valence-electron chi connectivity index (χ4n) is 5.27. The van der Waals surface area contributed by atoms with E-state index in [2.05, 4.69) is 44.2 Å². The lowest BCUT2D eigenvalue weighted by Gasteiger charge is -2.18. The second-order valence-electron chi connectivity index (χ2n) is 11.2. The second-order valence-corrected chi connectivity index (χ2v) is 11.2. The van der Waals surface area contributed by atoms with E-state index in [0.717, 1.165) is 11.3 Å². The molecule has 0 spiro atoms. The van der Waals surface area contributed by atoms with Crippen LogP contribution >= 0.6 is 0 Å². The molecule has 0 bridgehead atoms. The molecule has 5 N–H and O–H groups in total. The average molecular weight is 605 g/mol. The summed E-state index contributed by atoms with van der Waals surface area (Å²) in [5.41, 5.74) is 13.0. The summed E-state index contributed by atoms with van der Waals surface area (Å²) in [5.74, 6) is 0.600. The van der Waals surface area contributed by atoms with E-state index in [1.807, 2.05) is 6.92 Å². The minimum absolute atomic E-state index is 0.0329. The molecule has 0 heterocycles. The van der Waals surface area contributed by atoms with Crippen molar-refractivity contribution in [2.75, 3.05) is 26.4 Å². The van der Waals surface area contributed by atoms with E-state index in [1.165, 1.54) is 102 Å². The highest BCUT2D eigenvalue weighted by Gasteiger charge is 2.17. The maximum Gasteiger partial charge on any atom is 0.407 e. The molecule has 0 atom stereocenters. The lowest BCUT2D eigenvalue weighted by atomic mass is 9.87. The number of ether oxygens (including phenoxy) is 3. The van der Waals surface area contributed by atoms with Crippen LogP contribution in [0.3, 0.4) is 0 Å². The minimum atomic E-state index is -1.04. The van der Waals surface area contributed by atoms with Gasteiger partial charge >= 0.3 is 18.3 Å². The summed E-state index contributed by atoms with van der Waals surface area (Å²) in [7, 11) is 0. The topological polar surface area (TPSA) is 165 Å². The summed E-state index contributed by atoms with van der Waals surface area (Å²) in [4.78, 5) is 39.0.